The van der Waals surface area contributed by atoms with Gasteiger partial charge in [-0.3, -0.25) is 4.31 Å². The molecule has 11 heavy (non-hydrogen) atoms. The number of hydrogen-bond donors (Lipinski definition) is 3. The molecule has 0 heterocycles. The first-order valence-electron chi connectivity index (χ1n) is 1.75. The van der Waals surface area contributed by atoms with Gasteiger partial charge in [-0.05, 0) is 0 Å². The zero-order chi connectivity index (χ0) is 8.41. The van der Waals surface area contributed by atoms with Crippen molar-refractivity contribution in [3.63, 3.8) is 0 Å². The third-order valence-corrected chi connectivity index (χ3v) is 3.08. The van der Waals surface area contributed by atoms with E-state index in [2.05, 4.69) is 8.62 Å². The SMILES string of the molecule is O=P(O)(O)OP(=O)(O)OP.[CaH2]. The Morgan fingerprint density at radius 3 is 1.64 bits per heavy atom. The monoisotopic (exact) mass is 252 g/mol. The van der Waals surface area contributed by atoms with Crippen molar-refractivity contribution in [1.82, 2.24) is 0 Å². The summed E-state index contributed by atoms with van der Waals surface area (Å²) in [6, 6.07) is 0. The van der Waals surface area contributed by atoms with Gasteiger partial charge in [-0.1, -0.05) is 0 Å². The number of phosphoric acid groups is 2. The molecule has 2 unspecified atom stereocenters. The van der Waals surface area contributed by atoms with Crippen LogP contribution in [0.2, 0.25) is 0 Å². The van der Waals surface area contributed by atoms with E-state index in [0.29, 0.717) is 0 Å². The van der Waals surface area contributed by atoms with Crippen LogP contribution >= 0.6 is 25.1 Å². The van der Waals surface area contributed by atoms with Crippen LogP contribution in [0.4, 0.5) is 0 Å². The molecule has 3 N–H and O–H groups in total. The van der Waals surface area contributed by atoms with Crippen LogP contribution in [0, 0.1) is 0 Å². The average Bonchev–Trinajstić information content (AvgIpc) is 1.60. The second-order valence-electron chi connectivity index (χ2n) is 1.15. The summed E-state index contributed by atoms with van der Waals surface area (Å²) >= 11 is 0. The molecule has 0 spiro atoms. The Balaban J connectivity index is 0. The van der Waals surface area contributed by atoms with E-state index in [-0.39, 0.29) is 37.7 Å². The molecule has 0 saturated heterocycles. The van der Waals surface area contributed by atoms with Gasteiger partial charge >= 0.3 is 53.4 Å². The summed E-state index contributed by atoms with van der Waals surface area (Å²) in [5, 5.41) is 0. The first-order valence-corrected chi connectivity index (χ1v) is 5.25. The van der Waals surface area contributed by atoms with Gasteiger partial charge in [-0.25, -0.2) is 9.13 Å². The molecule has 0 aromatic rings. The van der Waals surface area contributed by atoms with E-state index in [4.69, 9.17) is 14.7 Å². The van der Waals surface area contributed by atoms with Gasteiger partial charge in [0.15, 0.2) is 0 Å². The van der Waals surface area contributed by atoms with Crippen molar-refractivity contribution < 1.29 is 32.4 Å². The summed E-state index contributed by atoms with van der Waals surface area (Å²) < 4.78 is 27.0. The van der Waals surface area contributed by atoms with Gasteiger partial charge in [0.2, 0.25) is 0 Å². The third kappa shape index (κ3) is 9.87. The van der Waals surface area contributed by atoms with Crippen LogP contribution in [-0.2, 0) is 17.8 Å². The Morgan fingerprint density at radius 1 is 1.18 bits per heavy atom. The van der Waals surface area contributed by atoms with Crippen LogP contribution in [-0.4, -0.2) is 52.4 Å². The molecule has 0 aliphatic heterocycles. The van der Waals surface area contributed by atoms with Crippen molar-refractivity contribution >= 4 is 62.9 Å². The normalized spacial score (nSPS) is 16.7. The van der Waals surface area contributed by atoms with Gasteiger partial charge in [-0.15, -0.1) is 0 Å². The van der Waals surface area contributed by atoms with E-state index >= 15 is 0 Å². The van der Waals surface area contributed by atoms with E-state index in [1.807, 2.05) is 0 Å². The Labute approximate surface area is 94.6 Å². The van der Waals surface area contributed by atoms with Crippen LogP contribution in [0.5, 0.6) is 0 Å². The molecule has 2 atom stereocenters. The van der Waals surface area contributed by atoms with Crippen LogP contribution < -0.4 is 0 Å². The standard InChI is InChI=1S/Ca.H5O7P3.2H/c;1-9(2,3)7-10(4,5)6-8;;/h;8H2,(H,4,5)(H2,1,2,3);;. The predicted octanol–water partition coefficient (Wildman–Crippen LogP) is -0.913. The molecular weight excluding hydrogens is 245 g/mol. The average molecular weight is 252 g/mol. The quantitative estimate of drug-likeness (QED) is 0.440. The molecule has 0 aliphatic carbocycles. The Kier molecular flexibility index (Phi) is 7.90. The zero-order valence-electron chi connectivity index (χ0n) is 4.45. The van der Waals surface area contributed by atoms with Gasteiger partial charge in [0.25, 0.3) is 0 Å². The van der Waals surface area contributed by atoms with Crippen molar-refractivity contribution in [2.75, 3.05) is 0 Å². The maximum atomic E-state index is 10.2. The van der Waals surface area contributed by atoms with Crippen LogP contribution in [0.15, 0.2) is 0 Å². The molecule has 0 saturated carbocycles. The molecule has 0 amide bonds. The topological polar surface area (TPSA) is 113 Å². The molecule has 0 fully saturated rings. The molecule has 0 bridgehead atoms. The first-order chi connectivity index (χ1) is 4.27. The van der Waals surface area contributed by atoms with Gasteiger partial charge in [0.1, 0.15) is 0 Å². The fourth-order valence-corrected chi connectivity index (χ4v) is 1.73. The fraction of sp³-hybridized carbons (Fsp3) is 0. The van der Waals surface area contributed by atoms with Crippen LogP contribution in [0.1, 0.15) is 0 Å². The molecule has 11 heteroatoms. The molecule has 0 aromatic carbocycles. The van der Waals surface area contributed by atoms with Crippen LogP contribution in [0.3, 0.4) is 0 Å². The Hall–Kier alpha value is 1.95. The Bertz CT molecular complexity index is 192. The summed E-state index contributed by atoms with van der Waals surface area (Å²) in [6.07, 6.45) is 0. The molecule has 0 rings (SSSR count). The zero-order valence-corrected chi connectivity index (χ0v) is 7.39. The summed E-state index contributed by atoms with van der Waals surface area (Å²) in [6.45, 7) is 0. The summed E-state index contributed by atoms with van der Waals surface area (Å²) in [4.78, 5) is 24.2. The molecule has 0 aromatic heterocycles. The van der Waals surface area contributed by atoms with Gasteiger partial charge < -0.3 is 14.7 Å². The summed E-state index contributed by atoms with van der Waals surface area (Å²) in [5.41, 5.74) is 0. The van der Waals surface area contributed by atoms with Gasteiger partial charge in [0.05, 0.1) is 0 Å². The fourth-order valence-electron chi connectivity index (χ4n) is 0.154. The molecule has 7 nitrogen and oxygen atoms in total. The third-order valence-electron chi connectivity index (χ3n) is 0.343. The second-order valence-corrected chi connectivity index (χ2v) is 4.56. The summed E-state index contributed by atoms with van der Waals surface area (Å²) in [5.74, 6) is 0. The van der Waals surface area contributed by atoms with Gasteiger partial charge in [-0.2, -0.15) is 4.31 Å². The summed E-state index contributed by atoms with van der Waals surface area (Å²) in [7, 11) is -8.20. The van der Waals surface area contributed by atoms with Crippen molar-refractivity contribution in [2.24, 2.45) is 0 Å². The van der Waals surface area contributed by atoms with E-state index in [1.54, 1.807) is 0 Å². The molecule has 66 valence electrons. The van der Waals surface area contributed by atoms with Crippen molar-refractivity contribution in [3.05, 3.63) is 0 Å². The van der Waals surface area contributed by atoms with E-state index < -0.39 is 15.6 Å². The molecule has 0 radical (unpaired) electrons. The van der Waals surface area contributed by atoms with Crippen molar-refractivity contribution in [3.8, 4) is 0 Å². The van der Waals surface area contributed by atoms with Crippen molar-refractivity contribution in [2.45, 2.75) is 0 Å². The number of rotatable bonds is 3. The van der Waals surface area contributed by atoms with E-state index in [9.17, 15) is 9.13 Å². The minimum atomic E-state index is -4.96. The molecule has 0 aliphatic rings. The predicted molar refractivity (Wildman–Crippen MR) is 42.3 cm³/mol. The second kappa shape index (κ2) is 5.63. The van der Waals surface area contributed by atoms with E-state index in [1.165, 1.54) is 9.47 Å². The van der Waals surface area contributed by atoms with Gasteiger partial charge in [0, 0.05) is 9.47 Å². The Morgan fingerprint density at radius 2 is 1.55 bits per heavy atom. The van der Waals surface area contributed by atoms with E-state index in [0.717, 1.165) is 0 Å². The molecular formula is H7CaO7P3. The minimum absolute atomic E-state index is 0. The number of hydrogen-bond acceptors (Lipinski definition) is 4. The van der Waals surface area contributed by atoms with Crippen molar-refractivity contribution in [1.29, 1.82) is 0 Å². The first kappa shape index (κ1) is 15.4. The van der Waals surface area contributed by atoms with Crippen LogP contribution in [0.25, 0.3) is 0 Å². The maximum absolute atomic E-state index is 10.2.